The van der Waals surface area contributed by atoms with Crippen molar-refractivity contribution in [1.29, 1.82) is 0 Å². The van der Waals surface area contributed by atoms with E-state index in [2.05, 4.69) is 10.2 Å². The van der Waals surface area contributed by atoms with Crippen LogP contribution in [0.4, 0.5) is 0 Å². The Labute approximate surface area is 143 Å². The van der Waals surface area contributed by atoms with Crippen LogP contribution >= 0.6 is 0 Å². The summed E-state index contributed by atoms with van der Waals surface area (Å²) in [5.74, 6) is 1.16. The molecule has 3 rings (SSSR count). The summed E-state index contributed by atoms with van der Waals surface area (Å²) < 4.78 is 15.9. The van der Waals surface area contributed by atoms with Gasteiger partial charge >= 0.3 is 0 Å². The number of likely N-dealkylation sites (tertiary alicyclic amines) is 1. The van der Waals surface area contributed by atoms with E-state index in [9.17, 15) is 4.79 Å². The van der Waals surface area contributed by atoms with Crippen LogP contribution in [-0.2, 0) is 4.74 Å². The summed E-state index contributed by atoms with van der Waals surface area (Å²) >= 11 is 0. The van der Waals surface area contributed by atoms with Gasteiger partial charge in [-0.3, -0.25) is 9.69 Å². The van der Waals surface area contributed by atoms with E-state index < -0.39 is 0 Å². The quantitative estimate of drug-likeness (QED) is 0.888. The van der Waals surface area contributed by atoms with Gasteiger partial charge in [-0.25, -0.2) is 0 Å². The lowest BCUT2D eigenvalue weighted by atomic mass is 10.1. The molecular formula is C18H26N2O4. The number of methoxy groups -OCH3 is 2. The number of rotatable bonds is 5. The van der Waals surface area contributed by atoms with Gasteiger partial charge in [-0.15, -0.1) is 0 Å². The second-order valence-corrected chi connectivity index (χ2v) is 6.40. The third kappa shape index (κ3) is 3.99. The maximum atomic E-state index is 12.6. The average molecular weight is 334 g/mol. The molecule has 0 bridgehead atoms. The molecule has 1 N–H and O–H groups in total. The minimum Gasteiger partial charge on any atom is -0.497 e. The predicted molar refractivity (Wildman–Crippen MR) is 90.8 cm³/mol. The molecule has 1 amide bonds. The van der Waals surface area contributed by atoms with Crippen molar-refractivity contribution in [3.05, 3.63) is 23.8 Å². The molecule has 1 atom stereocenters. The van der Waals surface area contributed by atoms with Gasteiger partial charge in [0.2, 0.25) is 0 Å². The van der Waals surface area contributed by atoms with Crippen LogP contribution < -0.4 is 14.8 Å². The smallest absolute Gasteiger partial charge is 0.251 e. The van der Waals surface area contributed by atoms with Crippen molar-refractivity contribution >= 4 is 5.91 Å². The van der Waals surface area contributed by atoms with Crippen molar-refractivity contribution in [2.24, 2.45) is 0 Å². The molecule has 2 heterocycles. The highest BCUT2D eigenvalue weighted by atomic mass is 16.5. The minimum atomic E-state index is -0.0778. The van der Waals surface area contributed by atoms with Crippen LogP contribution in [0.3, 0.4) is 0 Å². The van der Waals surface area contributed by atoms with Crippen LogP contribution in [0, 0.1) is 0 Å². The Bertz CT molecular complexity index is 550. The van der Waals surface area contributed by atoms with E-state index in [-0.39, 0.29) is 11.9 Å². The van der Waals surface area contributed by atoms with Crippen molar-refractivity contribution in [3.63, 3.8) is 0 Å². The average Bonchev–Trinajstić information content (AvgIpc) is 3.10. The zero-order valence-electron chi connectivity index (χ0n) is 14.4. The molecule has 6 heteroatoms. The zero-order valence-corrected chi connectivity index (χ0v) is 14.4. The molecule has 0 radical (unpaired) electrons. The highest BCUT2D eigenvalue weighted by Crippen LogP contribution is 2.24. The summed E-state index contributed by atoms with van der Waals surface area (Å²) in [6, 6.07) is 6.03. The Balaban J connectivity index is 1.59. The van der Waals surface area contributed by atoms with E-state index >= 15 is 0 Å². The summed E-state index contributed by atoms with van der Waals surface area (Å²) in [6.07, 6.45) is 3.17. The third-order valence-electron chi connectivity index (χ3n) is 4.88. The second kappa shape index (κ2) is 7.85. The van der Waals surface area contributed by atoms with Crippen molar-refractivity contribution in [1.82, 2.24) is 10.2 Å². The predicted octanol–water partition coefficient (Wildman–Crippen LogP) is 1.69. The Hall–Kier alpha value is -1.79. The normalized spacial score (nSPS) is 22.3. The number of nitrogens with one attached hydrogen (secondary N) is 1. The lowest BCUT2D eigenvalue weighted by molar-refractivity contribution is 0.0415. The Kier molecular flexibility index (Phi) is 5.58. The van der Waals surface area contributed by atoms with Gasteiger partial charge in [0, 0.05) is 50.0 Å². The maximum absolute atomic E-state index is 12.6. The molecule has 0 saturated carbocycles. The first-order valence-electron chi connectivity index (χ1n) is 8.55. The topological polar surface area (TPSA) is 60.0 Å². The molecule has 0 spiro atoms. The van der Waals surface area contributed by atoms with Gasteiger partial charge in [0.25, 0.3) is 5.91 Å². The van der Waals surface area contributed by atoms with E-state index in [0.29, 0.717) is 23.1 Å². The fourth-order valence-electron chi connectivity index (χ4n) is 3.49. The largest absolute Gasteiger partial charge is 0.497 e. The molecule has 24 heavy (non-hydrogen) atoms. The molecule has 1 aromatic carbocycles. The number of hydrogen-bond acceptors (Lipinski definition) is 5. The third-order valence-corrected chi connectivity index (χ3v) is 4.88. The lowest BCUT2D eigenvalue weighted by Crippen LogP contribution is -2.41. The fraction of sp³-hybridized carbons (Fsp3) is 0.611. The number of hydrogen-bond donors (Lipinski definition) is 1. The van der Waals surface area contributed by atoms with E-state index in [0.717, 1.165) is 45.6 Å². The van der Waals surface area contributed by atoms with Gasteiger partial charge in [-0.1, -0.05) is 0 Å². The molecular weight excluding hydrogens is 308 g/mol. The summed E-state index contributed by atoms with van der Waals surface area (Å²) in [6.45, 7) is 3.65. The molecule has 2 aliphatic rings. The summed E-state index contributed by atoms with van der Waals surface area (Å²) in [5.41, 5.74) is 0.565. The van der Waals surface area contributed by atoms with Crippen molar-refractivity contribution < 1.29 is 19.0 Å². The van der Waals surface area contributed by atoms with Crippen LogP contribution in [0.2, 0.25) is 0 Å². The highest BCUT2D eigenvalue weighted by molar-refractivity contribution is 5.95. The van der Waals surface area contributed by atoms with E-state index in [1.165, 1.54) is 0 Å². The van der Waals surface area contributed by atoms with Crippen molar-refractivity contribution in [3.8, 4) is 11.5 Å². The Morgan fingerprint density at radius 1 is 1.12 bits per heavy atom. The standard InChI is InChI=1S/C18H26N2O4/c1-22-16-9-13(10-17(11-16)23-2)18(21)19-14-3-6-20(12-14)15-4-7-24-8-5-15/h9-11,14-15H,3-8,12H2,1-2H3,(H,19,21). The molecule has 0 aromatic heterocycles. The van der Waals surface area contributed by atoms with E-state index in [1.54, 1.807) is 32.4 Å². The van der Waals surface area contributed by atoms with Crippen molar-refractivity contribution in [2.45, 2.75) is 31.3 Å². The first-order valence-corrected chi connectivity index (χ1v) is 8.55. The highest BCUT2D eigenvalue weighted by Gasteiger charge is 2.30. The molecule has 132 valence electrons. The molecule has 2 aliphatic heterocycles. The van der Waals surface area contributed by atoms with Gasteiger partial charge in [0.05, 0.1) is 14.2 Å². The summed E-state index contributed by atoms with van der Waals surface area (Å²) in [7, 11) is 3.17. The van der Waals surface area contributed by atoms with Crippen LogP contribution in [0.1, 0.15) is 29.6 Å². The first kappa shape index (κ1) is 17.0. The van der Waals surface area contributed by atoms with Gasteiger partial charge in [0.1, 0.15) is 11.5 Å². The SMILES string of the molecule is COc1cc(OC)cc(C(=O)NC2CCN(C3CCOCC3)C2)c1. The Morgan fingerprint density at radius 2 is 1.79 bits per heavy atom. The van der Waals surface area contributed by atoms with Crippen molar-refractivity contribution in [2.75, 3.05) is 40.5 Å². The molecule has 6 nitrogen and oxygen atoms in total. The Morgan fingerprint density at radius 3 is 2.42 bits per heavy atom. The maximum Gasteiger partial charge on any atom is 0.251 e. The number of benzene rings is 1. The van der Waals surface area contributed by atoms with Crippen LogP contribution in [0.5, 0.6) is 11.5 Å². The van der Waals surface area contributed by atoms with Gasteiger partial charge in [-0.2, -0.15) is 0 Å². The van der Waals surface area contributed by atoms with Gasteiger partial charge < -0.3 is 19.5 Å². The van der Waals surface area contributed by atoms with Crippen LogP contribution in [0.15, 0.2) is 18.2 Å². The summed E-state index contributed by atoms with van der Waals surface area (Å²) in [4.78, 5) is 15.0. The van der Waals surface area contributed by atoms with Crippen LogP contribution in [0.25, 0.3) is 0 Å². The number of carbonyl (C=O) groups is 1. The molecule has 1 aromatic rings. The van der Waals surface area contributed by atoms with Gasteiger partial charge in [0.15, 0.2) is 0 Å². The molecule has 1 unspecified atom stereocenters. The molecule has 0 aliphatic carbocycles. The second-order valence-electron chi connectivity index (χ2n) is 6.40. The van der Waals surface area contributed by atoms with Gasteiger partial charge in [-0.05, 0) is 31.4 Å². The molecule has 2 saturated heterocycles. The fourth-order valence-corrected chi connectivity index (χ4v) is 3.49. The minimum absolute atomic E-state index is 0.0778. The number of amides is 1. The lowest BCUT2D eigenvalue weighted by Gasteiger charge is -2.31. The number of carbonyl (C=O) groups excluding carboxylic acids is 1. The van der Waals surface area contributed by atoms with Crippen LogP contribution in [-0.4, -0.2) is 63.4 Å². The monoisotopic (exact) mass is 334 g/mol. The van der Waals surface area contributed by atoms with E-state index in [1.807, 2.05) is 0 Å². The molecule has 2 fully saturated rings. The number of nitrogens with zero attached hydrogens (tertiary/aromatic N) is 1. The number of ether oxygens (including phenoxy) is 3. The van der Waals surface area contributed by atoms with E-state index in [4.69, 9.17) is 14.2 Å². The zero-order chi connectivity index (χ0) is 16.9. The first-order chi connectivity index (χ1) is 11.7. The summed E-state index contributed by atoms with van der Waals surface area (Å²) in [5, 5.41) is 3.14.